The summed E-state index contributed by atoms with van der Waals surface area (Å²) in [4.78, 5) is 15.1. The van der Waals surface area contributed by atoms with Gasteiger partial charge in [-0.2, -0.15) is 18.3 Å². The minimum atomic E-state index is -4.59. The van der Waals surface area contributed by atoms with E-state index >= 15 is 0 Å². The van der Waals surface area contributed by atoms with Crippen molar-refractivity contribution >= 4 is 22.9 Å². The fourth-order valence-electron chi connectivity index (χ4n) is 3.61. The van der Waals surface area contributed by atoms with Gasteiger partial charge in [0.05, 0.1) is 17.0 Å². The van der Waals surface area contributed by atoms with E-state index in [1.165, 1.54) is 0 Å². The van der Waals surface area contributed by atoms with Gasteiger partial charge >= 0.3 is 6.18 Å². The summed E-state index contributed by atoms with van der Waals surface area (Å²) in [5, 5.41) is 25.7. The normalized spacial score (nSPS) is 11.4. The summed E-state index contributed by atoms with van der Waals surface area (Å²) >= 11 is 0. The molecule has 3 aromatic rings. The minimum absolute atomic E-state index is 0.133. The number of alkyl halides is 3. The van der Waals surface area contributed by atoms with Crippen molar-refractivity contribution in [2.24, 2.45) is 15.2 Å². The molecule has 2 N–H and O–H groups in total. The van der Waals surface area contributed by atoms with E-state index in [1.54, 1.807) is 13.8 Å². The highest BCUT2D eigenvalue weighted by atomic mass is 19.4. The Morgan fingerprint density at radius 2 is 1.60 bits per heavy atom. The van der Waals surface area contributed by atoms with Crippen molar-refractivity contribution in [3.8, 4) is 0 Å². The minimum Gasteiger partial charge on any atom is -0.342 e. The second-order valence-corrected chi connectivity index (χ2v) is 8.97. The van der Waals surface area contributed by atoms with Crippen LogP contribution >= 0.6 is 0 Å². The summed E-state index contributed by atoms with van der Waals surface area (Å²) in [6.45, 7) is 11.9. The molecule has 0 unspecified atom stereocenters. The van der Waals surface area contributed by atoms with E-state index in [4.69, 9.17) is 0 Å². The number of hydrogen-bond donors (Lipinski definition) is 2. The quantitative estimate of drug-likeness (QED) is 0.0777. The first-order chi connectivity index (χ1) is 20.0. The van der Waals surface area contributed by atoms with Crippen LogP contribution < -0.4 is 10.6 Å². The Kier molecular flexibility index (Phi) is 13.1. The number of para-hydroxylation sites is 1. The van der Waals surface area contributed by atoms with Gasteiger partial charge in [0, 0.05) is 24.4 Å². The zero-order chi connectivity index (χ0) is 31.1. The number of amidine groups is 1. The van der Waals surface area contributed by atoms with E-state index < -0.39 is 23.2 Å². The van der Waals surface area contributed by atoms with E-state index in [1.807, 2.05) is 74.5 Å². The van der Waals surface area contributed by atoms with Crippen LogP contribution in [0.1, 0.15) is 38.8 Å². The molecule has 42 heavy (non-hydrogen) atoms. The molecule has 0 bridgehead atoms. The van der Waals surface area contributed by atoms with Gasteiger partial charge in [0.25, 0.3) is 5.69 Å². The number of nitro benzene ring substituents is 1. The third kappa shape index (κ3) is 11.4. The molecule has 0 aliphatic carbocycles. The van der Waals surface area contributed by atoms with Crippen LogP contribution in [0.3, 0.4) is 0 Å². The Labute approximate surface area is 244 Å². The van der Waals surface area contributed by atoms with Gasteiger partial charge < -0.3 is 10.6 Å². The summed E-state index contributed by atoms with van der Waals surface area (Å²) in [6, 6.07) is 22.2. The van der Waals surface area contributed by atoms with Crippen LogP contribution in [0.5, 0.6) is 0 Å². The molecule has 222 valence electrons. The molecule has 0 fully saturated rings. The molecular weight excluding hydrogens is 545 g/mol. The largest absolute Gasteiger partial charge is 0.393 e. The summed E-state index contributed by atoms with van der Waals surface area (Å²) in [7, 11) is 0. The zero-order valence-corrected chi connectivity index (χ0v) is 24.1. The van der Waals surface area contributed by atoms with Crippen LogP contribution in [0.25, 0.3) is 0 Å². The second-order valence-electron chi connectivity index (χ2n) is 8.97. The van der Waals surface area contributed by atoms with Crippen molar-refractivity contribution in [3.05, 3.63) is 124 Å². The number of nitro groups is 1. The predicted octanol–water partition coefficient (Wildman–Crippen LogP) is 8.92. The standard InChI is InChI=1S/C29H29F3N6O2.C2H6/c1-20(2)27(37-36-26-15-14-25(38(39)40)18-23(26)19-29(30,31)32)28(33-17-16-22-10-6-4-7-11-22)35-21(3)34-24-12-8-5-9-13-24;1-2/h4-15,18,34H,3,16-17,19H2,1-2H3,(H,33,35);1-2H3. The monoisotopic (exact) mass is 580 g/mol. The summed E-state index contributed by atoms with van der Waals surface area (Å²) in [6.07, 6.45) is -5.34. The van der Waals surface area contributed by atoms with Gasteiger partial charge in [-0.25, -0.2) is 0 Å². The first-order valence-electron chi connectivity index (χ1n) is 13.3. The lowest BCUT2D eigenvalue weighted by atomic mass is 10.1. The molecule has 0 aliphatic heterocycles. The molecule has 0 atom stereocenters. The molecule has 11 heteroatoms. The number of nitrogens with zero attached hydrogens (tertiary/aromatic N) is 4. The van der Waals surface area contributed by atoms with Crippen LogP contribution in [0.2, 0.25) is 0 Å². The number of non-ortho nitro benzene ring substituents is 1. The van der Waals surface area contributed by atoms with Gasteiger partial charge in [-0.15, -0.1) is 5.11 Å². The van der Waals surface area contributed by atoms with Crippen LogP contribution in [0.15, 0.2) is 118 Å². The van der Waals surface area contributed by atoms with Crippen molar-refractivity contribution in [2.75, 3.05) is 11.9 Å². The number of anilines is 1. The lowest BCUT2D eigenvalue weighted by Gasteiger charge is -2.16. The molecular formula is C31H35F3N6O2. The molecule has 0 radical (unpaired) electrons. The first-order valence-corrected chi connectivity index (χ1v) is 13.3. The van der Waals surface area contributed by atoms with Gasteiger partial charge in [0.1, 0.15) is 11.5 Å². The van der Waals surface area contributed by atoms with Gasteiger partial charge in [-0.05, 0) is 55.2 Å². The molecule has 0 amide bonds. The summed E-state index contributed by atoms with van der Waals surface area (Å²) in [5.74, 6) is 0.708. The number of rotatable bonds is 11. The molecule has 0 spiro atoms. The number of nitrogens with one attached hydrogen (secondary N) is 2. The van der Waals surface area contributed by atoms with Crippen LogP contribution in [-0.2, 0) is 12.8 Å². The number of hydrogen-bond acceptors (Lipinski definition) is 6. The fourth-order valence-corrected chi connectivity index (χ4v) is 3.61. The number of azo groups is 1. The molecule has 0 aromatic heterocycles. The number of halogens is 3. The Bertz CT molecular complexity index is 1420. The number of aliphatic imine (C=N–C) groups is 1. The molecule has 3 rings (SSSR count). The highest BCUT2D eigenvalue weighted by molar-refractivity contribution is 5.99. The van der Waals surface area contributed by atoms with E-state index in [0.717, 1.165) is 29.4 Å². The van der Waals surface area contributed by atoms with Crippen molar-refractivity contribution in [2.45, 2.75) is 46.7 Å². The number of allylic oxidation sites excluding steroid dienone is 1. The molecule has 0 saturated heterocycles. The Morgan fingerprint density at radius 1 is 0.976 bits per heavy atom. The number of benzene rings is 3. The van der Waals surface area contributed by atoms with Crippen molar-refractivity contribution in [1.29, 1.82) is 0 Å². The SMILES string of the molecule is C=C(NC(=NCCc1ccccc1)C(N=Nc1ccc([N+](=O)[O-])cc1CC(F)(F)F)=C(C)C)Nc1ccccc1.CC. The summed E-state index contributed by atoms with van der Waals surface area (Å²) < 4.78 is 39.6. The van der Waals surface area contributed by atoms with E-state index in [0.29, 0.717) is 35.9 Å². The molecule has 8 nitrogen and oxygen atoms in total. The lowest BCUT2D eigenvalue weighted by Crippen LogP contribution is -2.28. The third-order valence-electron chi connectivity index (χ3n) is 5.47. The fraction of sp³-hybridized carbons (Fsp3) is 0.258. The zero-order valence-electron chi connectivity index (χ0n) is 24.1. The Balaban J connectivity index is 0.00000301. The average Bonchev–Trinajstić information content (AvgIpc) is 2.94. The van der Waals surface area contributed by atoms with Crippen molar-refractivity contribution < 1.29 is 18.1 Å². The van der Waals surface area contributed by atoms with Gasteiger partial charge in [-0.1, -0.05) is 69.0 Å². The maximum Gasteiger partial charge on any atom is 0.393 e. The maximum absolute atomic E-state index is 13.2. The van der Waals surface area contributed by atoms with E-state index in [9.17, 15) is 23.3 Å². The molecule has 3 aromatic carbocycles. The predicted molar refractivity (Wildman–Crippen MR) is 162 cm³/mol. The van der Waals surface area contributed by atoms with Crippen molar-refractivity contribution in [1.82, 2.24) is 5.32 Å². The lowest BCUT2D eigenvalue weighted by molar-refractivity contribution is -0.384. The summed E-state index contributed by atoms with van der Waals surface area (Å²) in [5.41, 5.74) is 1.88. The molecule has 0 aliphatic rings. The third-order valence-corrected chi connectivity index (χ3v) is 5.47. The average molecular weight is 581 g/mol. The first kappa shape index (κ1) is 33.4. The van der Waals surface area contributed by atoms with Gasteiger partial charge in [0.15, 0.2) is 5.84 Å². The second kappa shape index (κ2) is 16.5. The smallest absolute Gasteiger partial charge is 0.342 e. The highest BCUT2D eigenvalue weighted by Gasteiger charge is 2.30. The topological polar surface area (TPSA) is 104 Å². The Hall–Kier alpha value is -4.80. The molecule has 0 heterocycles. The van der Waals surface area contributed by atoms with Crippen LogP contribution in [0, 0.1) is 10.1 Å². The van der Waals surface area contributed by atoms with E-state index in [2.05, 4.69) is 32.4 Å². The van der Waals surface area contributed by atoms with Gasteiger partial charge in [0.2, 0.25) is 0 Å². The van der Waals surface area contributed by atoms with Crippen LogP contribution in [-0.4, -0.2) is 23.5 Å². The van der Waals surface area contributed by atoms with Gasteiger partial charge in [-0.3, -0.25) is 15.1 Å². The Morgan fingerprint density at radius 3 is 2.17 bits per heavy atom. The molecule has 0 saturated carbocycles. The van der Waals surface area contributed by atoms with E-state index in [-0.39, 0.29) is 11.3 Å². The van der Waals surface area contributed by atoms with Crippen LogP contribution in [0.4, 0.5) is 30.2 Å². The maximum atomic E-state index is 13.2. The van der Waals surface area contributed by atoms with Crippen molar-refractivity contribution in [3.63, 3.8) is 0 Å². The highest BCUT2D eigenvalue weighted by Crippen LogP contribution is 2.31.